The average Bonchev–Trinajstić information content (AvgIpc) is 2.79. The Balaban J connectivity index is 1.74. The first-order chi connectivity index (χ1) is 17.2. The summed E-state index contributed by atoms with van der Waals surface area (Å²) in [4.78, 5) is 27.8. The molecule has 0 aromatic heterocycles. The van der Waals surface area contributed by atoms with Gasteiger partial charge in [-0.1, -0.05) is 47.5 Å². The molecule has 1 heterocycles. The number of carbonyl (C=O) groups is 2. The van der Waals surface area contributed by atoms with Crippen molar-refractivity contribution in [2.45, 2.75) is 57.6 Å². The number of rotatable bonds is 7. The fourth-order valence-corrected chi connectivity index (χ4v) is 5.24. The topological polar surface area (TPSA) is 105 Å². The minimum absolute atomic E-state index is 0.0850. The molecule has 2 aromatic carbocycles. The number of hydrogen-bond acceptors (Lipinski definition) is 5. The molecule has 1 aliphatic rings. The minimum Gasteiger partial charge on any atom is -0.444 e. The van der Waals surface area contributed by atoms with Crippen LogP contribution in [0.3, 0.4) is 0 Å². The van der Waals surface area contributed by atoms with Gasteiger partial charge in [0.1, 0.15) is 11.6 Å². The number of nitrogens with zero attached hydrogens (tertiary/aromatic N) is 1. The Bertz CT molecular complexity index is 1240. The molecule has 8 nitrogen and oxygen atoms in total. The van der Waals surface area contributed by atoms with Gasteiger partial charge in [-0.3, -0.25) is 9.52 Å². The van der Waals surface area contributed by atoms with E-state index in [-0.39, 0.29) is 18.2 Å². The van der Waals surface area contributed by atoms with Gasteiger partial charge < -0.3 is 15.0 Å². The van der Waals surface area contributed by atoms with Gasteiger partial charge in [0.25, 0.3) is 0 Å². The summed E-state index contributed by atoms with van der Waals surface area (Å²) in [6.07, 6.45) is 1.97. The van der Waals surface area contributed by atoms with Gasteiger partial charge in [-0.25, -0.2) is 13.2 Å². The second-order valence-corrected chi connectivity index (χ2v) is 12.8. The quantitative estimate of drug-likeness (QED) is 0.476. The molecule has 2 amide bonds. The number of amides is 2. The summed E-state index contributed by atoms with van der Waals surface area (Å²) in [5.41, 5.74) is 1.49. The molecule has 0 aliphatic carbocycles. The third-order valence-corrected chi connectivity index (χ3v) is 7.25. The van der Waals surface area contributed by atoms with Crippen molar-refractivity contribution in [3.63, 3.8) is 0 Å². The predicted octanol–water partition coefficient (Wildman–Crippen LogP) is 5.21. The van der Waals surface area contributed by atoms with Crippen LogP contribution in [-0.2, 0) is 26.0 Å². The molecule has 37 heavy (non-hydrogen) atoms. The van der Waals surface area contributed by atoms with Gasteiger partial charge >= 0.3 is 6.09 Å². The van der Waals surface area contributed by atoms with Gasteiger partial charge in [0.2, 0.25) is 15.9 Å². The predicted molar refractivity (Wildman–Crippen MR) is 147 cm³/mol. The molecule has 2 aromatic rings. The van der Waals surface area contributed by atoms with Crippen LogP contribution in [-0.4, -0.2) is 56.3 Å². The summed E-state index contributed by atoms with van der Waals surface area (Å²) in [6.45, 7) is 6.19. The molecular formula is C26H33Cl2N3O5S. The number of likely N-dealkylation sites (tertiary alicyclic amines) is 1. The largest absolute Gasteiger partial charge is 0.444 e. The Labute approximate surface area is 228 Å². The molecule has 0 unspecified atom stereocenters. The Morgan fingerprint density at radius 2 is 1.73 bits per heavy atom. The third kappa shape index (κ3) is 8.79. The van der Waals surface area contributed by atoms with Gasteiger partial charge in [0.15, 0.2) is 0 Å². The lowest BCUT2D eigenvalue weighted by Gasteiger charge is -2.35. The van der Waals surface area contributed by atoms with Gasteiger partial charge in [0, 0.05) is 19.5 Å². The molecule has 0 radical (unpaired) electrons. The third-order valence-electron chi connectivity index (χ3n) is 5.92. The van der Waals surface area contributed by atoms with Crippen LogP contribution >= 0.6 is 23.2 Å². The van der Waals surface area contributed by atoms with Gasteiger partial charge in [-0.05, 0) is 68.9 Å². The molecule has 11 heteroatoms. The van der Waals surface area contributed by atoms with Crippen molar-refractivity contribution in [3.8, 4) is 0 Å². The van der Waals surface area contributed by atoms with Crippen molar-refractivity contribution in [2.75, 3.05) is 24.1 Å². The summed E-state index contributed by atoms with van der Waals surface area (Å²) in [5.74, 6) is -0.139. The summed E-state index contributed by atoms with van der Waals surface area (Å²) in [7, 11) is -3.42. The lowest BCUT2D eigenvalue weighted by Crippen LogP contribution is -2.52. The zero-order valence-electron chi connectivity index (χ0n) is 21.4. The summed E-state index contributed by atoms with van der Waals surface area (Å²) in [5, 5.41) is 3.50. The number of halogens is 2. The van der Waals surface area contributed by atoms with Crippen LogP contribution in [0, 0.1) is 0 Å². The van der Waals surface area contributed by atoms with Crippen LogP contribution in [0.25, 0.3) is 0 Å². The Morgan fingerprint density at radius 3 is 2.32 bits per heavy atom. The minimum atomic E-state index is -3.42. The van der Waals surface area contributed by atoms with Crippen LogP contribution < -0.4 is 10.0 Å². The average molecular weight is 571 g/mol. The first-order valence-corrected chi connectivity index (χ1v) is 14.7. The van der Waals surface area contributed by atoms with E-state index in [9.17, 15) is 18.0 Å². The van der Waals surface area contributed by atoms with Gasteiger partial charge in [-0.15, -0.1) is 0 Å². The lowest BCUT2D eigenvalue weighted by molar-refractivity contribution is -0.134. The van der Waals surface area contributed by atoms with E-state index in [2.05, 4.69) is 10.0 Å². The van der Waals surface area contributed by atoms with E-state index >= 15 is 0 Å². The molecule has 0 saturated carbocycles. The molecule has 1 aliphatic heterocycles. The molecule has 202 valence electrons. The molecule has 3 rings (SSSR count). The van der Waals surface area contributed by atoms with Crippen LogP contribution in [0.5, 0.6) is 0 Å². The number of nitrogens with one attached hydrogen (secondary N) is 2. The van der Waals surface area contributed by atoms with E-state index in [4.69, 9.17) is 27.9 Å². The van der Waals surface area contributed by atoms with Crippen molar-refractivity contribution >= 4 is 50.9 Å². The van der Waals surface area contributed by atoms with Gasteiger partial charge in [-0.2, -0.15) is 0 Å². The smallest absolute Gasteiger partial charge is 0.408 e. The maximum atomic E-state index is 13.6. The maximum absolute atomic E-state index is 13.6. The standard InChI is InChI=1S/C26H33Cl2N3O5S/c1-26(2,3)36-25(33)29-23(16-17-9-10-20(27)21(28)15-17)24(32)31-13-11-18(12-14-31)19-7-5-6-8-22(19)30-37(4,34)35/h5-10,15,18,23,30H,11-14,16H2,1-4H3,(H,29,33)/t23-/m1/s1. The maximum Gasteiger partial charge on any atom is 0.408 e. The van der Waals surface area contributed by atoms with E-state index in [0.29, 0.717) is 41.7 Å². The number of ether oxygens (including phenoxy) is 1. The zero-order chi connectivity index (χ0) is 27.4. The lowest BCUT2D eigenvalue weighted by atomic mass is 9.88. The van der Waals surface area contributed by atoms with Crippen molar-refractivity contribution < 1.29 is 22.7 Å². The number of para-hydroxylation sites is 1. The number of anilines is 1. The Hall–Kier alpha value is -2.49. The first kappa shape index (κ1) is 29.1. The number of hydrogen-bond donors (Lipinski definition) is 2. The summed E-state index contributed by atoms with van der Waals surface area (Å²) in [6, 6.07) is 11.6. The van der Waals surface area contributed by atoms with Crippen molar-refractivity contribution in [1.29, 1.82) is 0 Å². The second-order valence-electron chi connectivity index (χ2n) is 10.2. The first-order valence-electron chi connectivity index (χ1n) is 12.0. The zero-order valence-corrected chi connectivity index (χ0v) is 23.7. The molecular weight excluding hydrogens is 537 g/mol. The Morgan fingerprint density at radius 1 is 1.08 bits per heavy atom. The van der Waals surface area contributed by atoms with Crippen molar-refractivity contribution in [3.05, 3.63) is 63.6 Å². The molecule has 1 fully saturated rings. The molecule has 0 bridgehead atoms. The van der Waals surface area contributed by atoms with E-state index in [0.717, 1.165) is 17.4 Å². The van der Waals surface area contributed by atoms with E-state index in [1.807, 2.05) is 12.1 Å². The van der Waals surface area contributed by atoms with Gasteiger partial charge in [0.05, 0.1) is 22.0 Å². The van der Waals surface area contributed by atoms with Crippen LogP contribution in [0.4, 0.5) is 10.5 Å². The van der Waals surface area contributed by atoms with Crippen LogP contribution in [0.15, 0.2) is 42.5 Å². The second kappa shape index (κ2) is 11.9. The van der Waals surface area contributed by atoms with Crippen LogP contribution in [0.2, 0.25) is 10.0 Å². The summed E-state index contributed by atoms with van der Waals surface area (Å²) >= 11 is 12.2. The summed E-state index contributed by atoms with van der Waals surface area (Å²) < 4.78 is 31.6. The van der Waals surface area contributed by atoms with Crippen molar-refractivity contribution in [2.24, 2.45) is 0 Å². The number of alkyl carbamates (subject to hydrolysis) is 1. The fraction of sp³-hybridized carbons (Fsp3) is 0.462. The molecule has 1 saturated heterocycles. The highest BCUT2D eigenvalue weighted by atomic mass is 35.5. The highest BCUT2D eigenvalue weighted by molar-refractivity contribution is 7.92. The van der Waals surface area contributed by atoms with Crippen LogP contribution in [0.1, 0.15) is 50.7 Å². The number of benzene rings is 2. The molecule has 0 spiro atoms. The highest BCUT2D eigenvalue weighted by Gasteiger charge is 2.32. The fourth-order valence-electron chi connectivity index (χ4n) is 4.33. The van der Waals surface area contributed by atoms with E-state index in [1.54, 1.807) is 56.0 Å². The monoisotopic (exact) mass is 569 g/mol. The normalized spacial score (nSPS) is 15.7. The van der Waals surface area contributed by atoms with Crippen molar-refractivity contribution in [1.82, 2.24) is 10.2 Å². The highest BCUT2D eigenvalue weighted by Crippen LogP contribution is 2.33. The number of piperidine rings is 1. The number of sulfonamides is 1. The molecule has 2 N–H and O–H groups in total. The van der Waals surface area contributed by atoms with E-state index in [1.165, 1.54) is 0 Å². The van der Waals surface area contributed by atoms with E-state index < -0.39 is 27.8 Å². The SMILES string of the molecule is CC(C)(C)OC(=O)N[C@H](Cc1ccc(Cl)c(Cl)c1)C(=O)N1CCC(c2ccccc2NS(C)(=O)=O)CC1. The number of carbonyl (C=O) groups excluding carboxylic acids is 2. The molecule has 1 atom stereocenters. The Kier molecular flexibility index (Phi) is 9.37.